The molecule has 2 heterocycles. The fourth-order valence-corrected chi connectivity index (χ4v) is 4.28. The average Bonchev–Trinajstić information content (AvgIpc) is 3.14. The zero-order valence-corrected chi connectivity index (χ0v) is 16.7. The molecule has 0 aliphatic carbocycles. The van der Waals surface area contributed by atoms with Crippen LogP contribution in [0.1, 0.15) is 28.4 Å². The molecule has 0 saturated carbocycles. The van der Waals surface area contributed by atoms with E-state index in [4.69, 9.17) is 0 Å². The summed E-state index contributed by atoms with van der Waals surface area (Å²) < 4.78 is 13.6. The lowest BCUT2D eigenvalue weighted by Gasteiger charge is -2.36. The number of amides is 2. The van der Waals surface area contributed by atoms with Crippen LogP contribution >= 0.6 is 0 Å². The normalized spacial score (nSPS) is 15.8. The van der Waals surface area contributed by atoms with Crippen molar-refractivity contribution in [2.24, 2.45) is 0 Å². The number of para-hydroxylation sites is 1. The van der Waals surface area contributed by atoms with Gasteiger partial charge in [-0.25, -0.2) is 9.18 Å². The standard InChI is InChI=1S/C25H22FN3O/c1-16-6-12-19(13-7-16)27-25(30)29-15-14-21-20-4-2-3-5-22(20)28-23(21)24(29)17-8-10-18(26)11-9-17/h2-13,24,28H,14-15H2,1H3,(H,27,30). The fraction of sp³-hybridized carbons (Fsp3) is 0.160. The molecule has 5 heteroatoms. The van der Waals surface area contributed by atoms with Crippen LogP contribution in [0.5, 0.6) is 0 Å². The second-order valence-corrected chi connectivity index (χ2v) is 7.76. The van der Waals surface area contributed by atoms with Gasteiger partial charge in [-0.2, -0.15) is 0 Å². The molecule has 5 rings (SSSR count). The third kappa shape index (κ3) is 3.22. The highest BCUT2D eigenvalue weighted by atomic mass is 19.1. The van der Waals surface area contributed by atoms with Gasteiger partial charge in [0, 0.05) is 28.8 Å². The molecule has 1 unspecified atom stereocenters. The number of anilines is 1. The van der Waals surface area contributed by atoms with Crippen molar-refractivity contribution in [1.82, 2.24) is 9.88 Å². The van der Waals surface area contributed by atoms with E-state index in [9.17, 15) is 9.18 Å². The number of benzene rings is 3. The highest BCUT2D eigenvalue weighted by Crippen LogP contribution is 2.38. The Hall–Kier alpha value is -3.60. The number of rotatable bonds is 2. The van der Waals surface area contributed by atoms with Crippen molar-refractivity contribution in [3.63, 3.8) is 0 Å². The number of halogens is 1. The fourth-order valence-electron chi connectivity index (χ4n) is 4.28. The van der Waals surface area contributed by atoms with Crippen LogP contribution in [0.15, 0.2) is 72.8 Å². The molecule has 3 aromatic carbocycles. The first-order valence-electron chi connectivity index (χ1n) is 10.1. The van der Waals surface area contributed by atoms with E-state index in [2.05, 4.69) is 16.4 Å². The van der Waals surface area contributed by atoms with Gasteiger partial charge < -0.3 is 15.2 Å². The van der Waals surface area contributed by atoms with Crippen molar-refractivity contribution >= 4 is 22.6 Å². The van der Waals surface area contributed by atoms with Crippen LogP contribution in [-0.4, -0.2) is 22.5 Å². The highest BCUT2D eigenvalue weighted by molar-refractivity contribution is 5.91. The number of urea groups is 1. The lowest BCUT2D eigenvalue weighted by molar-refractivity contribution is 0.193. The van der Waals surface area contributed by atoms with Crippen LogP contribution in [0, 0.1) is 12.7 Å². The first-order valence-corrected chi connectivity index (χ1v) is 10.1. The van der Waals surface area contributed by atoms with Crippen molar-refractivity contribution in [3.8, 4) is 0 Å². The minimum Gasteiger partial charge on any atom is -0.356 e. The Morgan fingerprint density at radius 2 is 1.77 bits per heavy atom. The summed E-state index contributed by atoms with van der Waals surface area (Å²) in [6.45, 7) is 2.59. The van der Waals surface area contributed by atoms with Gasteiger partial charge in [0.15, 0.2) is 0 Å². The number of fused-ring (bicyclic) bond motifs is 3. The van der Waals surface area contributed by atoms with Gasteiger partial charge in [-0.1, -0.05) is 48.0 Å². The molecule has 4 aromatic rings. The van der Waals surface area contributed by atoms with Gasteiger partial charge >= 0.3 is 6.03 Å². The van der Waals surface area contributed by atoms with Crippen molar-refractivity contribution in [2.45, 2.75) is 19.4 Å². The van der Waals surface area contributed by atoms with Gasteiger partial charge in [-0.05, 0) is 54.8 Å². The summed E-state index contributed by atoms with van der Waals surface area (Å²) >= 11 is 0. The number of hydrogen-bond donors (Lipinski definition) is 2. The Morgan fingerprint density at radius 1 is 1.03 bits per heavy atom. The molecule has 0 fully saturated rings. The molecular formula is C25H22FN3O. The Bertz CT molecular complexity index is 1210. The van der Waals surface area contributed by atoms with Gasteiger partial charge in [0.1, 0.15) is 5.82 Å². The van der Waals surface area contributed by atoms with Crippen molar-refractivity contribution in [2.75, 3.05) is 11.9 Å². The number of carbonyl (C=O) groups excluding carboxylic acids is 1. The average molecular weight is 399 g/mol. The molecule has 2 amide bonds. The van der Waals surface area contributed by atoms with E-state index in [1.54, 1.807) is 12.1 Å². The van der Waals surface area contributed by atoms with Crippen LogP contribution in [0.4, 0.5) is 14.9 Å². The lowest BCUT2D eigenvalue weighted by Crippen LogP contribution is -2.43. The zero-order valence-electron chi connectivity index (χ0n) is 16.7. The molecule has 150 valence electrons. The monoisotopic (exact) mass is 399 g/mol. The SMILES string of the molecule is Cc1ccc(NC(=O)N2CCc3c([nH]c4ccccc34)C2c2ccc(F)cc2)cc1. The molecule has 0 saturated heterocycles. The summed E-state index contributed by atoms with van der Waals surface area (Å²) in [5.74, 6) is -0.290. The predicted molar refractivity (Wildman–Crippen MR) is 117 cm³/mol. The second-order valence-electron chi connectivity index (χ2n) is 7.76. The summed E-state index contributed by atoms with van der Waals surface area (Å²) in [6.07, 6.45) is 0.762. The number of hydrogen-bond acceptors (Lipinski definition) is 1. The molecule has 1 aliphatic rings. The van der Waals surface area contributed by atoms with E-state index >= 15 is 0 Å². The molecule has 30 heavy (non-hydrogen) atoms. The second kappa shape index (κ2) is 7.34. The van der Waals surface area contributed by atoms with Gasteiger partial charge in [-0.15, -0.1) is 0 Å². The maximum Gasteiger partial charge on any atom is 0.322 e. The summed E-state index contributed by atoms with van der Waals surface area (Å²) in [7, 11) is 0. The minimum atomic E-state index is -0.313. The summed E-state index contributed by atoms with van der Waals surface area (Å²) in [4.78, 5) is 18.6. The number of carbonyl (C=O) groups is 1. The lowest BCUT2D eigenvalue weighted by atomic mass is 9.92. The van der Waals surface area contributed by atoms with E-state index in [0.717, 1.165) is 34.4 Å². The topological polar surface area (TPSA) is 48.1 Å². The molecule has 4 nitrogen and oxygen atoms in total. The van der Waals surface area contributed by atoms with E-state index < -0.39 is 0 Å². The predicted octanol–water partition coefficient (Wildman–Crippen LogP) is 5.80. The molecule has 0 radical (unpaired) electrons. The third-order valence-electron chi connectivity index (χ3n) is 5.78. The quantitative estimate of drug-likeness (QED) is 0.440. The minimum absolute atomic E-state index is 0.169. The van der Waals surface area contributed by atoms with Gasteiger partial charge in [0.25, 0.3) is 0 Å². The maximum absolute atomic E-state index is 13.6. The first-order chi connectivity index (χ1) is 14.6. The third-order valence-corrected chi connectivity index (χ3v) is 5.78. The van der Waals surface area contributed by atoms with E-state index in [0.29, 0.717) is 6.54 Å². The van der Waals surface area contributed by atoms with Crippen molar-refractivity contribution in [1.29, 1.82) is 0 Å². The van der Waals surface area contributed by atoms with Gasteiger partial charge in [-0.3, -0.25) is 0 Å². The maximum atomic E-state index is 13.6. The highest BCUT2D eigenvalue weighted by Gasteiger charge is 2.34. The van der Waals surface area contributed by atoms with Crippen LogP contribution in [0.3, 0.4) is 0 Å². The zero-order chi connectivity index (χ0) is 20.7. The van der Waals surface area contributed by atoms with E-state index in [1.165, 1.54) is 23.1 Å². The molecule has 1 aromatic heterocycles. The number of aromatic nitrogens is 1. The Labute approximate surface area is 174 Å². The first kappa shape index (κ1) is 18.4. The van der Waals surface area contributed by atoms with E-state index in [1.807, 2.05) is 54.3 Å². The molecule has 1 aliphatic heterocycles. The van der Waals surface area contributed by atoms with Gasteiger partial charge in [0.2, 0.25) is 0 Å². The van der Waals surface area contributed by atoms with Crippen LogP contribution in [-0.2, 0) is 6.42 Å². The number of aromatic amines is 1. The number of nitrogens with zero attached hydrogens (tertiary/aromatic N) is 1. The van der Waals surface area contributed by atoms with Crippen molar-refractivity contribution in [3.05, 3.63) is 101 Å². The molecule has 2 N–H and O–H groups in total. The molecular weight excluding hydrogens is 377 g/mol. The number of aryl methyl sites for hydroxylation is 1. The van der Waals surface area contributed by atoms with Crippen LogP contribution in [0.2, 0.25) is 0 Å². The Balaban J connectivity index is 1.56. The number of H-pyrrole nitrogens is 1. The summed E-state index contributed by atoms with van der Waals surface area (Å²) in [6, 6.07) is 21.9. The van der Waals surface area contributed by atoms with Crippen molar-refractivity contribution < 1.29 is 9.18 Å². The molecule has 1 atom stereocenters. The molecule has 0 spiro atoms. The number of nitrogens with one attached hydrogen (secondary N) is 2. The largest absolute Gasteiger partial charge is 0.356 e. The Morgan fingerprint density at radius 3 is 2.53 bits per heavy atom. The summed E-state index contributed by atoms with van der Waals surface area (Å²) in [5.41, 5.74) is 6.04. The van der Waals surface area contributed by atoms with Crippen LogP contribution < -0.4 is 5.32 Å². The molecule has 0 bridgehead atoms. The summed E-state index contributed by atoms with van der Waals surface area (Å²) in [5, 5.41) is 4.19. The Kier molecular flexibility index (Phi) is 4.51. The van der Waals surface area contributed by atoms with Crippen LogP contribution in [0.25, 0.3) is 10.9 Å². The smallest absolute Gasteiger partial charge is 0.322 e. The van der Waals surface area contributed by atoms with Gasteiger partial charge in [0.05, 0.1) is 6.04 Å². The van der Waals surface area contributed by atoms with E-state index in [-0.39, 0.29) is 17.9 Å².